The Labute approximate surface area is 179 Å². The van der Waals surface area contributed by atoms with Gasteiger partial charge in [-0.25, -0.2) is 8.78 Å². The van der Waals surface area contributed by atoms with E-state index in [1.807, 2.05) is 0 Å². The summed E-state index contributed by atoms with van der Waals surface area (Å²) in [5.74, 6) is -1.44. The van der Waals surface area contributed by atoms with Crippen LogP contribution in [0.5, 0.6) is 0 Å². The highest BCUT2D eigenvalue weighted by Crippen LogP contribution is 2.24. The van der Waals surface area contributed by atoms with E-state index in [1.165, 1.54) is 36.4 Å². The zero-order valence-corrected chi connectivity index (χ0v) is 16.1. The van der Waals surface area contributed by atoms with Gasteiger partial charge in [-0.1, -0.05) is 12.1 Å². The standard InChI is InChI=1S/C24H8F2N6/c25-21-5-13(1-3-15(21)9-27)17-7-19-20(23(17)31-11-29)8-18(24(19)32-12-30)14-2-4-16(10-28)22(26)6-14/h1-8H. The number of hydrogen-bond donors (Lipinski definition) is 0. The number of hydrogen-bond acceptors (Lipinski definition) is 6. The number of nitriles is 4. The molecule has 0 aliphatic heterocycles. The summed E-state index contributed by atoms with van der Waals surface area (Å²) in [7, 11) is 0. The Kier molecular flexibility index (Phi) is 4.98. The molecular formula is C24H8F2N6. The average Bonchev–Trinajstić information content (AvgIpc) is 3.31. The molecule has 32 heavy (non-hydrogen) atoms. The number of halogens is 2. The Hall–Kier alpha value is -5.18. The summed E-state index contributed by atoms with van der Waals surface area (Å²) in [6.07, 6.45) is 3.44. The van der Waals surface area contributed by atoms with E-state index >= 15 is 0 Å². The van der Waals surface area contributed by atoms with Gasteiger partial charge in [-0.05, 0) is 47.5 Å². The van der Waals surface area contributed by atoms with Gasteiger partial charge in [-0.15, -0.1) is 0 Å². The quantitative estimate of drug-likeness (QED) is 0.463. The molecule has 2 aliphatic carbocycles. The summed E-state index contributed by atoms with van der Waals surface area (Å²) in [6, 6.07) is 14.8. The minimum atomic E-state index is -0.718. The van der Waals surface area contributed by atoms with Crippen molar-refractivity contribution < 1.29 is 8.78 Å². The fourth-order valence-electron chi connectivity index (χ4n) is 3.59. The van der Waals surface area contributed by atoms with Gasteiger partial charge >= 0.3 is 0 Å². The zero-order valence-electron chi connectivity index (χ0n) is 16.1. The van der Waals surface area contributed by atoms with Crippen LogP contribution in [0, 0.1) is 67.6 Å². The maximum Gasteiger partial charge on any atom is 0.206 e. The molecule has 8 heteroatoms. The van der Waals surface area contributed by atoms with E-state index in [0.717, 1.165) is 0 Å². The molecule has 0 saturated carbocycles. The lowest BCUT2D eigenvalue weighted by Gasteiger charge is -2.02. The molecule has 148 valence electrons. The summed E-state index contributed by atoms with van der Waals surface area (Å²) >= 11 is 0. The summed E-state index contributed by atoms with van der Waals surface area (Å²) in [6.45, 7) is 0. The van der Waals surface area contributed by atoms with Crippen molar-refractivity contribution in [3.05, 3.63) is 92.4 Å². The van der Waals surface area contributed by atoms with Gasteiger partial charge in [0, 0.05) is 21.6 Å². The molecule has 0 N–H and O–H groups in total. The smallest absolute Gasteiger partial charge is 0.206 e. The largest absolute Gasteiger partial charge is 0.206 e. The van der Waals surface area contributed by atoms with E-state index in [9.17, 15) is 19.3 Å². The van der Waals surface area contributed by atoms with E-state index in [1.54, 1.807) is 36.7 Å². The lowest BCUT2D eigenvalue weighted by atomic mass is 10.0. The van der Waals surface area contributed by atoms with Crippen molar-refractivity contribution in [2.45, 2.75) is 0 Å². The van der Waals surface area contributed by atoms with Crippen molar-refractivity contribution in [1.29, 1.82) is 21.0 Å². The van der Waals surface area contributed by atoms with Crippen molar-refractivity contribution >= 4 is 0 Å². The molecule has 0 unspecified atom stereocenters. The number of rotatable bonds is 2. The van der Waals surface area contributed by atoms with Crippen LogP contribution in [0.1, 0.15) is 11.1 Å². The van der Waals surface area contributed by atoms with E-state index in [2.05, 4.69) is 9.98 Å². The minimum Gasteiger partial charge on any atom is -0.206 e. The Morgan fingerprint density at radius 1 is 0.594 bits per heavy atom. The molecule has 0 saturated heterocycles. The molecule has 2 aromatic carbocycles. The molecule has 0 spiro atoms. The SMILES string of the molecule is N#CN=c1c(-c2ccc(C#N)c(F)c2)cc2c(=NC#N)c(-c3ccc(C#N)c(F)c3)cc1=2. The van der Waals surface area contributed by atoms with Gasteiger partial charge in [-0.2, -0.15) is 31.0 Å². The number of benzene rings is 2. The molecule has 0 amide bonds. The first-order chi connectivity index (χ1) is 15.5. The van der Waals surface area contributed by atoms with Crippen LogP contribution >= 0.6 is 0 Å². The van der Waals surface area contributed by atoms with Crippen molar-refractivity contribution in [1.82, 2.24) is 0 Å². The predicted octanol–water partition coefficient (Wildman–Crippen LogP) is 3.41. The van der Waals surface area contributed by atoms with E-state index in [4.69, 9.17) is 10.5 Å². The van der Waals surface area contributed by atoms with Crippen molar-refractivity contribution in [3.8, 4) is 46.8 Å². The molecule has 2 aromatic rings. The molecule has 0 bridgehead atoms. The van der Waals surface area contributed by atoms with E-state index in [0.29, 0.717) is 32.7 Å². The van der Waals surface area contributed by atoms with Gasteiger partial charge in [0.15, 0.2) is 0 Å². The third kappa shape index (κ3) is 3.15. The van der Waals surface area contributed by atoms with Crippen LogP contribution in [0.4, 0.5) is 8.78 Å². The molecule has 0 atom stereocenters. The highest BCUT2D eigenvalue weighted by atomic mass is 19.1. The Morgan fingerprint density at radius 2 is 1.00 bits per heavy atom. The van der Waals surface area contributed by atoms with Crippen LogP contribution in [0.3, 0.4) is 0 Å². The van der Waals surface area contributed by atoms with Crippen LogP contribution in [-0.4, -0.2) is 0 Å². The molecule has 2 aliphatic rings. The minimum absolute atomic E-state index is 0.122. The van der Waals surface area contributed by atoms with Gasteiger partial charge in [0.05, 0.1) is 21.8 Å². The maximum absolute atomic E-state index is 14.2. The first kappa shape index (κ1) is 20.1. The lowest BCUT2D eigenvalue weighted by molar-refractivity contribution is 0.624. The average molecular weight is 418 g/mol. The third-order valence-electron chi connectivity index (χ3n) is 5.01. The molecule has 0 fully saturated rings. The molecule has 0 aromatic heterocycles. The van der Waals surface area contributed by atoms with Crippen LogP contribution in [0.25, 0.3) is 22.3 Å². The summed E-state index contributed by atoms with van der Waals surface area (Å²) in [5.41, 5.74) is 1.38. The van der Waals surface area contributed by atoms with Crippen LogP contribution < -0.4 is 10.7 Å². The fraction of sp³-hybridized carbons (Fsp3) is 0. The monoisotopic (exact) mass is 418 g/mol. The first-order valence-electron chi connectivity index (χ1n) is 9.05. The Balaban J connectivity index is 2.05. The first-order valence-corrected chi connectivity index (χ1v) is 9.05. The van der Waals surface area contributed by atoms with E-state index in [-0.39, 0.29) is 21.8 Å². The molecular weight excluding hydrogens is 410 g/mol. The summed E-state index contributed by atoms with van der Waals surface area (Å²) < 4.78 is 28.4. The molecule has 0 heterocycles. The second-order valence-electron chi connectivity index (χ2n) is 6.68. The predicted molar refractivity (Wildman–Crippen MR) is 107 cm³/mol. The van der Waals surface area contributed by atoms with Gasteiger partial charge in [0.25, 0.3) is 0 Å². The second-order valence-corrected chi connectivity index (χ2v) is 6.68. The highest BCUT2D eigenvalue weighted by molar-refractivity contribution is 5.70. The van der Waals surface area contributed by atoms with Crippen LogP contribution in [-0.2, 0) is 0 Å². The zero-order chi connectivity index (χ0) is 22.8. The summed E-state index contributed by atoms with van der Waals surface area (Å²) in [5, 5.41) is 37.7. The van der Waals surface area contributed by atoms with Crippen molar-refractivity contribution in [3.63, 3.8) is 0 Å². The summed E-state index contributed by atoms with van der Waals surface area (Å²) in [4.78, 5) is 7.75. The lowest BCUT2D eigenvalue weighted by Crippen LogP contribution is -2.03. The molecule has 4 rings (SSSR count). The van der Waals surface area contributed by atoms with Crippen molar-refractivity contribution in [2.75, 3.05) is 0 Å². The second kappa shape index (κ2) is 7.92. The van der Waals surface area contributed by atoms with Gasteiger partial charge in [-0.3, -0.25) is 0 Å². The fourth-order valence-corrected chi connectivity index (χ4v) is 3.59. The Bertz CT molecular complexity index is 1620. The normalized spacial score (nSPS) is 11.7. The third-order valence-corrected chi connectivity index (χ3v) is 5.01. The van der Waals surface area contributed by atoms with Gasteiger partial charge in [0.2, 0.25) is 12.4 Å². The van der Waals surface area contributed by atoms with Crippen LogP contribution in [0.15, 0.2) is 58.5 Å². The highest BCUT2D eigenvalue weighted by Gasteiger charge is 2.16. The molecule has 0 radical (unpaired) electrons. The van der Waals surface area contributed by atoms with Gasteiger partial charge < -0.3 is 0 Å². The van der Waals surface area contributed by atoms with E-state index < -0.39 is 11.6 Å². The Morgan fingerprint density at radius 3 is 1.31 bits per heavy atom. The number of nitrogens with zero attached hydrogens (tertiary/aromatic N) is 6. The van der Waals surface area contributed by atoms with Crippen molar-refractivity contribution in [2.24, 2.45) is 9.98 Å². The molecule has 6 nitrogen and oxygen atoms in total. The van der Waals surface area contributed by atoms with Crippen LogP contribution in [0.2, 0.25) is 0 Å². The van der Waals surface area contributed by atoms with Gasteiger partial charge in [0.1, 0.15) is 23.8 Å². The maximum atomic E-state index is 14.2. The topological polar surface area (TPSA) is 120 Å².